The molecule has 0 bridgehead atoms. The molecular formula is C17H14N4O3. The average molecular weight is 322 g/mol. The molecule has 2 aliphatic rings. The highest BCUT2D eigenvalue weighted by molar-refractivity contribution is 6.27. The third-order valence-electron chi connectivity index (χ3n) is 3.96. The Morgan fingerprint density at radius 1 is 1.21 bits per heavy atom. The Labute approximate surface area is 137 Å². The van der Waals surface area contributed by atoms with E-state index in [0.29, 0.717) is 35.1 Å². The lowest BCUT2D eigenvalue weighted by molar-refractivity contribution is 0.0960. The fourth-order valence-corrected chi connectivity index (χ4v) is 2.72. The summed E-state index contributed by atoms with van der Waals surface area (Å²) >= 11 is 0. The number of guanidine groups is 1. The van der Waals surface area contributed by atoms with E-state index in [4.69, 9.17) is 4.42 Å². The molecule has 7 heteroatoms. The lowest BCUT2D eigenvalue weighted by Crippen LogP contribution is -2.30. The summed E-state index contributed by atoms with van der Waals surface area (Å²) in [5.41, 5.74) is 4.36. The van der Waals surface area contributed by atoms with Gasteiger partial charge in [0.05, 0.1) is 12.1 Å². The van der Waals surface area contributed by atoms with E-state index in [9.17, 15) is 9.59 Å². The van der Waals surface area contributed by atoms with Crippen LogP contribution in [-0.4, -0.2) is 36.3 Å². The summed E-state index contributed by atoms with van der Waals surface area (Å²) in [4.78, 5) is 29.3. The zero-order valence-corrected chi connectivity index (χ0v) is 12.9. The second-order valence-electron chi connectivity index (χ2n) is 5.52. The fourth-order valence-electron chi connectivity index (χ4n) is 2.72. The molecule has 1 aliphatic carbocycles. The van der Waals surface area contributed by atoms with Crippen molar-refractivity contribution in [2.24, 2.45) is 10.1 Å². The number of nitrogens with zero attached hydrogens (tertiary/aromatic N) is 2. The molecule has 0 radical (unpaired) electrons. The molecule has 0 unspecified atom stereocenters. The minimum absolute atomic E-state index is 0.0691. The highest BCUT2D eigenvalue weighted by Crippen LogP contribution is 2.29. The van der Waals surface area contributed by atoms with Crippen LogP contribution < -0.4 is 10.7 Å². The summed E-state index contributed by atoms with van der Waals surface area (Å²) in [6.07, 6.45) is 0. The molecule has 0 fully saturated rings. The SMILES string of the molecule is C/C(=N\NC1=NCCN1)c1cc2c(o1)C(=O)c1ccccc1C2=O. The Hall–Kier alpha value is -3.22. The Morgan fingerprint density at radius 3 is 2.67 bits per heavy atom. The van der Waals surface area contributed by atoms with E-state index in [-0.39, 0.29) is 22.9 Å². The van der Waals surface area contributed by atoms with Crippen molar-refractivity contribution in [1.82, 2.24) is 10.7 Å². The number of furan rings is 1. The van der Waals surface area contributed by atoms with Crippen molar-refractivity contribution in [3.05, 3.63) is 58.5 Å². The highest BCUT2D eigenvalue weighted by atomic mass is 16.4. The van der Waals surface area contributed by atoms with Crippen molar-refractivity contribution in [2.75, 3.05) is 13.1 Å². The number of hydrazone groups is 1. The number of nitrogens with one attached hydrogen (secondary N) is 2. The second-order valence-corrected chi connectivity index (χ2v) is 5.52. The smallest absolute Gasteiger partial charge is 0.229 e. The molecule has 7 nitrogen and oxygen atoms in total. The lowest BCUT2D eigenvalue weighted by Gasteiger charge is -2.11. The highest BCUT2D eigenvalue weighted by Gasteiger charge is 2.33. The molecule has 1 aromatic heterocycles. The predicted molar refractivity (Wildman–Crippen MR) is 87.7 cm³/mol. The van der Waals surface area contributed by atoms with E-state index in [2.05, 4.69) is 20.8 Å². The van der Waals surface area contributed by atoms with Crippen molar-refractivity contribution < 1.29 is 14.0 Å². The summed E-state index contributed by atoms with van der Waals surface area (Å²) in [5.74, 6) is 0.539. The third kappa shape index (κ3) is 2.21. The van der Waals surface area contributed by atoms with E-state index < -0.39 is 0 Å². The molecule has 1 aromatic carbocycles. The van der Waals surface area contributed by atoms with Crippen LogP contribution in [0.4, 0.5) is 0 Å². The minimum atomic E-state index is -0.283. The summed E-state index contributed by atoms with van der Waals surface area (Å²) in [6.45, 7) is 3.20. The third-order valence-corrected chi connectivity index (χ3v) is 3.96. The first-order valence-corrected chi connectivity index (χ1v) is 7.56. The van der Waals surface area contributed by atoms with Crippen LogP contribution >= 0.6 is 0 Å². The Bertz CT molecular complexity index is 871. The molecule has 1 aliphatic heterocycles. The zero-order valence-electron chi connectivity index (χ0n) is 12.9. The minimum Gasteiger partial charge on any atom is -0.450 e. The van der Waals surface area contributed by atoms with Gasteiger partial charge in [0, 0.05) is 17.7 Å². The normalized spacial score (nSPS) is 16.4. The topological polar surface area (TPSA) is 96.1 Å². The molecule has 0 atom stereocenters. The van der Waals surface area contributed by atoms with Crippen molar-refractivity contribution in [2.45, 2.75) is 6.92 Å². The monoisotopic (exact) mass is 322 g/mol. The maximum absolute atomic E-state index is 12.6. The van der Waals surface area contributed by atoms with Gasteiger partial charge in [-0.1, -0.05) is 24.3 Å². The summed E-state index contributed by atoms with van der Waals surface area (Å²) in [5, 5.41) is 7.21. The van der Waals surface area contributed by atoms with E-state index >= 15 is 0 Å². The number of hydrogen-bond donors (Lipinski definition) is 2. The summed E-state index contributed by atoms with van der Waals surface area (Å²) in [7, 11) is 0. The van der Waals surface area contributed by atoms with Gasteiger partial charge in [-0.3, -0.25) is 9.59 Å². The van der Waals surface area contributed by atoms with E-state index in [1.165, 1.54) is 0 Å². The van der Waals surface area contributed by atoms with Crippen LogP contribution in [0, 0.1) is 0 Å². The van der Waals surface area contributed by atoms with Crippen molar-refractivity contribution in [3.63, 3.8) is 0 Å². The van der Waals surface area contributed by atoms with Crippen LogP contribution in [0.2, 0.25) is 0 Å². The van der Waals surface area contributed by atoms with Crippen molar-refractivity contribution in [3.8, 4) is 0 Å². The van der Waals surface area contributed by atoms with Gasteiger partial charge in [-0.15, -0.1) is 0 Å². The van der Waals surface area contributed by atoms with Gasteiger partial charge in [0.25, 0.3) is 0 Å². The van der Waals surface area contributed by atoms with Crippen LogP contribution in [0.5, 0.6) is 0 Å². The van der Waals surface area contributed by atoms with Gasteiger partial charge in [0.15, 0.2) is 17.3 Å². The van der Waals surface area contributed by atoms with E-state index in [1.807, 2.05) is 0 Å². The molecule has 4 rings (SSSR count). The first-order valence-electron chi connectivity index (χ1n) is 7.56. The largest absolute Gasteiger partial charge is 0.450 e. The number of benzene rings is 1. The average Bonchev–Trinajstić information content (AvgIpc) is 3.27. The number of carbonyl (C=O) groups is 2. The van der Waals surface area contributed by atoms with Gasteiger partial charge >= 0.3 is 0 Å². The van der Waals surface area contributed by atoms with E-state index in [0.717, 1.165) is 6.54 Å². The van der Waals surface area contributed by atoms with Crippen LogP contribution in [0.3, 0.4) is 0 Å². The van der Waals surface area contributed by atoms with Crippen molar-refractivity contribution >= 4 is 23.2 Å². The number of ketones is 2. The molecule has 0 saturated carbocycles. The molecule has 2 heterocycles. The van der Waals surface area contributed by atoms with Crippen LogP contribution in [0.1, 0.15) is 44.7 Å². The standard InChI is InChI=1S/C17H14N4O3/c1-9(20-21-17-18-6-7-19-17)13-8-12-14(22)10-4-2-3-5-11(10)15(23)16(12)24-13/h2-5,8H,6-7H2,1H3,(H2,18,19,21)/b20-9+. The van der Waals surface area contributed by atoms with Gasteiger partial charge in [0.2, 0.25) is 11.7 Å². The lowest BCUT2D eigenvalue weighted by atomic mass is 9.88. The predicted octanol–water partition coefficient (Wildman–Crippen LogP) is 1.33. The molecular weight excluding hydrogens is 308 g/mol. The van der Waals surface area contributed by atoms with Gasteiger partial charge in [0.1, 0.15) is 5.71 Å². The molecule has 0 amide bonds. The molecule has 24 heavy (non-hydrogen) atoms. The number of rotatable bonds is 2. The van der Waals surface area contributed by atoms with Gasteiger partial charge in [-0.05, 0) is 13.0 Å². The first kappa shape index (κ1) is 14.4. The van der Waals surface area contributed by atoms with Gasteiger partial charge in [-0.25, -0.2) is 10.4 Å². The number of fused-ring (bicyclic) bond motifs is 2. The Balaban J connectivity index is 1.68. The summed E-state index contributed by atoms with van der Waals surface area (Å²) in [6, 6.07) is 8.31. The fraction of sp³-hybridized carbons (Fsp3) is 0.176. The second kappa shape index (κ2) is 5.45. The summed E-state index contributed by atoms with van der Waals surface area (Å²) < 4.78 is 5.62. The van der Waals surface area contributed by atoms with Crippen LogP contribution in [-0.2, 0) is 0 Å². The quantitative estimate of drug-likeness (QED) is 0.548. The van der Waals surface area contributed by atoms with Gasteiger partial charge in [-0.2, -0.15) is 5.10 Å². The molecule has 120 valence electrons. The van der Waals surface area contributed by atoms with Crippen molar-refractivity contribution in [1.29, 1.82) is 0 Å². The number of aliphatic imine (C=N–C) groups is 1. The zero-order chi connectivity index (χ0) is 16.7. The van der Waals surface area contributed by atoms with E-state index in [1.54, 1.807) is 37.3 Å². The Kier molecular flexibility index (Phi) is 3.26. The molecule has 0 spiro atoms. The van der Waals surface area contributed by atoms with Crippen LogP contribution in [0.15, 0.2) is 44.8 Å². The first-order chi connectivity index (χ1) is 11.6. The van der Waals surface area contributed by atoms with Crippen LogP contribution in [0.25, 0.3) is 0 Å². The molecule has 0 saturated heterocycles. The molecule has 2 N–H and O–H groups in total. The Morgan fingerprint density at radius 2 is 1.96 bits per heavy atom. The van der Waals surface area contributed by atoms with Gasteiger partial charge < -0.3 is 9.73 Å². The molecule has 2 aromatic rings. The number of hydrogen-bond acceptors (Lipinski definition) is 7. The maximum atomic E-state index is 12.6. The maximum Gasteiger partial charge on any atom is 0.229 e. The number of carbonyl (C=O) groups excluding carboxylic acids is 2.